The molecule has 4 rings (SSSR count). The lowest BCUT2D eigenvalue weighted by molar-refractivity contribution is -0.131. The molecule has 0 bridgehead atoms. The molecule has 0 unspecified atom stereocenters. The molecule has 3 heterocycles. The number of benzene rings is 1. The number of amides is 1. The van der Waals surface area contributed by atoms with E-state index in [0.29, 0.717) is 18.8 Å². The van der Waals surface area contributed by atoms with E-state index in [1.807, 2.05) is 45.0 Å². The minimum atomic E-state index is -1.25. The molecule has 2 atom stereocenters. The Morgan fingerprint density at radius 2 is 2.03 bits per heavy atom. The molecule has 1 aliphatic rings. The standard InChI is InChI=1S/C28H37N3O3/c1-19-11-12-23-22(15-19)20(2)24(34-23)17-31-14-8-9-21(16-31)28(33,25-10-6-7-13-29-25)18-30-26(32)27(3,4)5/h6-7,10-13,15,21,33H,8-9,14,16-18H2,1-5H3,(H,30,32)/t21-,28+/m0/s1. The van der Waals surface area contributed by atoms with E-state index >= 15 is 0 Å². The van der Waals surface area contributed by atoms with Crippen molar-refractivity contribution < 1.29 is 14.3 Å². The minimum Gasteiger partial charge on any atom is -0.459 e. The summed E-state index contributed by atoms with van der Waals surface area (Å²) in [5, 5.41) is 16.1. The number of aryl methyl sites for hydroxylation is 2. The van der Waals surface area contributed by atoms with Crippen LogP contribution in [-0.2, 0) is 16.9 Å². The summed E-state index contributed by atoms with van der Waals surface area (Å²) >= 11 is 0. The molecule has 6 heteroatoms. The third-order valence-electron chi connectivity index (χ3n) is 7.05. The number of likely N-dealkylation sites (tertiary alicyclic amines) is 1. The van der Waals surface area contributed by atoms with Gasteiger partial charge in [0.25, 0.3) is 0 Å². The van der Waals surface area contributed by atoms with Crippen LogP contribution in [0.2, 0.25) is 0 Å². The van der Waals surface area contributed by atoms with Crippen LogP contribution in [0.3, 0.4) is 0 Å². The average molecular weight is 464 g/mol. The molecule has 2 aromatic heterocycles. The summed E-state index contributed by atoms with van der Waals surface area (Å²) in [7, 11) is 0. The highest BCUT2D eigenvalue weighted by Crippen LogP contribution is 2.36. The van der Waals surface area contributed by atoms with E-state index in [9.17, 15) is 9.90 Å². The Balaban J connectivity index is 1.56. The summed E-state index contributed by atoms with van der Waals surface area (Å²) < 4.78 is 6.20. The zero-order valence-electron chi connectivity index (χ0n) is 21.0. The number of carbonyl (C=O) groups excluding carboxylic acids is 1. The number of nitrogens with zero attached hydrogens (tertiary/aromatic N) is 2. The maximum atomic E-state index is 12.6. The fourth-order valence-corrected chi connectivity index (χ4v) is 4.87. The molecule has 0 spiro atoms. The number of hydrogen-bond donors (Lipinski definition) is 2. The zero-order chi connectivity index (χ0) is 24.5. The van der Waals surface area contributed by atoms with Gasteiger partial charge in [-0.3, -0.25) is 14.7 Å². The van der Waals surface area contributed by atoms with Gasteiger partial charge in [-0.2, -0.15) is 0 Å². The number of aromatic nitrogens is 1. The van der Waals surface area contributed by atoms with Gasteiger partial charge in [-0.1, -0.05) is 38.5 Å². The maximum absolute atomic E-state index is 12.6. The lowest BCUT2D eigenvalue weighted by atomic mass is 9.78. The first kappa shape index (κ1) is 24.4. The highest BCUT2D eigenvalue weighted by molar-refractivity contribution is 5.82. The van der Waals surface area contributed by atoms with E-state index in [-0.39, 0.29) is 18.4 Å². The molecule has 0 saturated carbocycles. The molecule has 1 amide bonds. The molecule has 3 aromatic rings. The van der Waals surface area contributed by atoms with Gasteiger partial charge in [-0.15, -0.1) is 0 Å². The van der Waals surface area contributed by atoms with E-state index in [1.165, 1.54) is 16.5 Å². The van der Waals surface area contributed by atoms with E-state index < -0.39 is 11.0 Å². The monoisotopic (exact) mass is 463 g/mol. The van der Waals surface area contributed by atoms with Gasteiger partial charge in [-0.25, -0.2) is 0 Å². The number of hydrogen-bond acceptors (Lipinski definition) is 5. The highest BCUT2D eigenvalue weighted by Gasteiger charge is 2.42. The van der Waals surface area contributed by atoms with Crippen molar-refractivity contribution in [1.82, 2.24) is 15.2 Å². The van der Waals surface area contributed by atoms with Crippen LogP contribution in [0.1, 0.15) is 56.2 Å². The van der Waals surface area contributed by atoms with Crippen molar-refractivity contribution in [2.75, 3.05) is 19.6 Å². The predicted octanol–water partition coefficient (Wildman–Crippen LogP) is 4.71. The number of pyridine rings is 1. The summed E-state index contributed by atoms with van der Waals surface area (Å²) in [6.07, 6.45) is 3.53. The van der Waals surface area contributed by atoms with Gasteiger partial charge in [0.15, 0.2) is 0 Å². The number of carbonyl (C=O) groups is 1. The van der Waals surface area contributed by atoms with Gasteiger partial charge in [0.1, 0.15) is 16.9 Å². The summed E-state index contributed by atoms with van der Waals surface area (Å²) in [5.41, 5.74) is 2.15. The zero-order valence-corrected chi connectivity index (χ0v) is 21.0. The van der Waals surface area contributed by atoms with Crippen LogP contribution < -0.4 is 5.32 Å². The lowest BCUT2D eigenvalue weighted by Gasteiger charge is -2.42. The molecular weight excluding hydrogens is 426 g/mol. The van der Waals surface area contributed by atoms with E-state index in [0.717, 1.165) is 30.7 Å². The SMILES string of the molecule is Cc1ccc2oc(CN3CCC[C@H]([C@](O)(CNC(=O)C(C)(C)C)c4ccccn4)C3)c(C)c2c1. The second-order valence-corrected chi connectivity index (χ2v) is 10.8. The second kappa shape index (κ2) is 9.51. The largest absolute Gasteiger partial charge is 0.459 e. The molecule has 1 saturated heterocycles. The van der Waals surface area contributed by atoms with Gasteiger partial charge in [-0.05, 0) is 63.1 Å². The first-order valence-corrected chi connectivity index (χ1v) is 12.2. The molecule has 0 aliphatic carbocycles. The van der Waals surface area contributed by atoms with Crippen molar-refractivity contribution in [2.45, 2.75) is 59.6 Å². The fraction of sp³-hybridized carbons (Fsp3) is 0.500. The number of nitrogens with one attached hydrogen (secondary N) is 1. The van der Waals surface area contributed by atoms with Crippen LogP contribution in [0.5, 0.6) is 0 Å². The average Bonchev–Trinajstić information content (AvgIpc) is 3.12. The van der Waals surface area contributed by atoms with Crippen molar-refractivity contribution in [2.24, 2.45) is 11.3 Å². The molecule has 1 aliphatic heterocycles. The Morgan fingerprint density at radius 3 is 2.74 bits per heavy atom. The summed E-state index contributed by atoms with van der Waals surface area (Å²) in [6.45, 7) is 12.3. The maximum Gasteiger partial charge on any atom is 0.225 e. The summed E-state index contributed by atoms with van der Waals surface area (Å²) in [4.78, 5) is 19.5. The first-order valence-electron chi connectivity index (χ1n) is 12.2. The number of furan rings is 1. The minimum absolute atomic E-state index is 0.0663. The molecule has 1 aromatic carbocycles. The first-order chi connectivity index (χ1) is 16.1. The highest BCUT2D eigenvalue weighted by atomic mass is 16.3. The molecular formula is C28H37N3O3. The van der Waals surface area contributed by atoms with Crippen LogP contribution in [0.25, 0.3) is 11.0 Å². The topological polar surface area (TPSA) is 78.6 Å². The Bertz CT molecular complexity index is 1150. The van der Waals surface area contributed by atoms with Crippen molar-refractivity contribution in [3.8, 4) is 0 Å². The van der Waals surface area contributed by atoms with Crippen molar-refractivity contribution in [1.29, 1.82) is 0 Å². The smallest absolute Gasteiger partial charge is 0.225 e. The normalized spacial score (nSPS) is 19.2. The van der Waals surface area contributed by atoms with Gasteiger partial charge >= 0.3 is 0 Å². The lowest BCUT2D eigenvalue weighted by Crippen LogP contribution is -2.53. The van der Waals surface area contributed by atoms with Gasteiger partial charge in [0.2, 0.25) is 5.91 Å². The van der Waals surface area contributed by atoms with Crippen LogP contribution in [0.4, 0.5) is 0 Å². The van der Waals surface area contributed by atoms with E-state index in [4.69, 9.17) is 4.42 Å². The van der Waals surface area contributed by atoms with Gasteiger partial charge in [0, 0.05) is 29.5 Å². The third kappa shape index (κ3) is 5.03. The number of aliphatic hydroxyl groups is 1. The molecule has 2 N–H and O–H groups in total. The number of piperidine rings is 1. The Hall–Kier alpha value is -2.70. The van der Waals surface area contributed by atoms with Crippen molar-refractivity contribution in [3.63, 3.8) is 0 Å². The molecule has 34 heavy (non-hydrogen) atoms. The summed E-state index contributed by atoms with van der Waals surface area (Å²) in [6, 6.07) is 11.9. The van der Waals surface area contributed by atoms with Crippen LogP contribution in [0.15, 0.2) is 47.0 Å². The molecule has 1 fully saturated rings. The second-order valence-electron chi connectivity index (χ2n) is 10.8. The Morgan fingerprint density at radius 1 is 1.24 bits per heavy atom. The fourth-order valence-electron chi connectivity index (χ4n) is 4.87. The Kier molecular flexibility index (Phi) is 6.83. The van der Waals surface area contributed by atoms with Crippen LogP contribution in [0, 0.1) is 25.2 Å². The van der Waals surface area contributed by atoms with Gasteiger partial charge < -0.3 is 14.8 Å². The quantitative estimate of drug-likeness (QED) is 0.554. The third-order valence-corrected chi connectivity index (χ3v) is 7.05. The molecule has 182 valence electrons. The number of rotatable bonds is 6. The number of fused-ring (bicyclic) bond motifs is 1. The van der Waals surface area contributed by atoms with E-state index in [2.05, 4.69) is 41.2 Å². The van der Waals surface area contributed by atoms with E-state index in [1.54, 1.807) is 6.20 Å². The van der Waals surface area contributed by atoms with Crippen LogP contribution in [-0.4, -0.2) is 40.5 Å². The van der Waals surface area contributed by atoms with Crippen molar-refractivity contribution >= 4 is 16.9 Å². The van der Waals surface area contributed by atoms with Gasteiger partial charge in [0.05, 0.1) is 18.8 Å². The summed E-state index contributed by atoms with van der Waals surface area (Å²) in [5.74, 6) is 0.828. The molecule has 0 radical (unpaired) electrons. The van der Waals surface area contributed by atoms with Crippen LogP contribution >= 0.6 is 0 Å². The predicted molar refractivity (Wildman–Crippen MR) is 134 cm³/mol. The Labute approximate surface area is 202 Å². The molecule has 6 nitrogen and oxygen atoms in total. The van der Waals surface area contributed by atoms with Crippen molar-refractivity contribution in [3.05, 3.63) is 65.2 Å².